The second-order valence-corrected chi connectivity index (χ2v) is 14.5. The first-order chi connectivity index (χ1) is 26.1. The van der Waals surface area contributed by atoms with Crippen LogP contribution in [0.25, 0.3) is 55.4 Å². The van der Waals surface area contributed by atoms with Crippen LogP contribution in [-0.4, -0.2) is 44.6 Å². The van der Waals surface area contributed by atoms with Crippen molar-refractivity contribution in [3.05, 3.63) is 168 Å². The molecule has 0 saturated carbocycles. The summed E-state index contributed by atoms with van der Waals surface area (Å²) < 4.78 is 4.78. The van der Waals surface area contributed by atoms with Crippen LogP contribution < -0.4 is 0 Å². The fourth-order valence-corrected chi connectivity index (χ4v) is 8.40. The first kappa shape index (κ1) is 31.3. The zero-order valence-electron chi connectivity index (χ0n) is 29.8. The summed E-state index contributed by atoms with van der Waals surface area (Å²) in [6.07, 6.45) is 12.6. The minimum atomic E-state index is 0.367. The molecule has 0 amide bonds. The first-order valence-electron chi connectivity index (χ1n) is 18.5. The smallest absolute Gasteiger partial charge is 0.0572 e. The quantitative estimate of drug-likeness (QED) is 0.175. The molecule has 0 spiro atoms. The molecule has 2 unspecified atom stereocenters. The van der Waals surface area contributed by atoms with Crippen LogP contribution in [0.1, 0.15) is 59.3 Å². The molecule has 6 heterocycles. The molecule has 0 saturated heterocycles. The molecule has 10 rings (SSSR count). The lowest BCUT2D eigenvalue weighted by molar-refractivity contribution is 0.669. The van der Waals surface area contributed by atoms with E-state index in [9.17, 15) is 0 Å². The molecule has 2 aliphatic rings. The van der Waals surface area contributed by atoms with Crippen molar-refractivity contribution in [3.8, 4) is 33.6 Å². The molecule has 2 aliphatic heterocycles. The van der Waals surface area contributed by atoms with Gasteiger partial charge in [0.1, 0.15) is 0 Å². The maximum atomic E-state index is 4.66. The van der Waals surface area contributed by atoms with Gasteiger partial charge in [-0.1, -0.05) is 86.6 Å². The number of aliphatic imine (C=N–C) groups is 2. The number of nitrogens with zero attached hydrogens (tertiary/aromatic N) is 6. The number of hydrogen-bond acceptors (Lipinski definition) is 4. The van der Waals surface area contributed by atoms with Crippen LogP contribution in [0, 0.1) is 0 Å². The highest BCUT2D eigenvalue weighted by Crippen LogP contribution is 2.38. The van der Waals surface area contributed by atoms with Crippen molar-refractivity contribution in [1.29, 1.82) is 0 Å². The first-order valence-corrected chi connectivity index (χ1v) is 18.5. The van der Waals surface area contributed by atoms with E-state index in [1.807, 2.05) is 24.8 Å². The van der Waals surface area contributed by atoms with Crippen LogP contribution in [0.4, 0.5) is 0 Å². The summed E-state index contributed by atoms with van der Waals surface area (Å²) in [5.74, 6) is 0.733. The van der Waals surface area contributed by atoms with Crippen molar-refractivity contribution in [1.82, 2.24) is 19.1 Å². The lowest BCUT2D eigenvalue weighted by Crippen LogP contribution is -2.15. The van der Waals surface area contributed by atoms with Crippen LogP contribution >= 0.6 is 0 Å². The number of hydrogen-bond donors (Lipinski definition) is 0. The van der Waals surface area contributed by atoms with Gasteiger partial charge in [-0.05, 0) is 76.2 Å². The van der Waals surface area contributed by atoms with Crippen molar-refractivity contribution in [2.75, 3.05) is 13.1 Å². The summed E-state index contributed by atoms with van der Waals surface area (Å²) in [7, 11) is 0. The van der Waals surface area contributed by atoms with E-state index in [1.165, 1.54) is 61.6 Å². The summed E-state index contributed by atoms with van der Waals surface area (Å²) in [6, 6.07) is 40.0. The lowest BCUT2D eigenvalue weighted by Gasteiger charge is -2.22. The average Bonchev–Trinajstić information content (AvgIpc) is 3.74. The number of benzene rings is 4. The number of pyridine rings is 2. The molecule has 0 radical (unpaired) electrons. The molecule has 256 valence electrons. The van der Waals surface area contributed by atoms with Gasteiger partial charge in [-0.25, -0.2) is 0 Å². The lowest BCUT2D eigenvalue weighted by atomic mass is 9.96. The van der Waals surface area contributed by atoms with Gasteiger partial charge in [0.15, 0.2) is 0 Å². The Morgan fingerprint density at radius 1 is 0.491 bits per heavy atom. The van der Waals surface area contributed by atoms with Crippen molar-refractivity contribution in [2.24, 2.45) is 9.98 Å². The third kappa shape index (κ3) is 5.32. The van der Waals surface area contributed by atoms with E-state index >= 15 is 0 Å². The van der Waals surface area contributed by atoms with Gasteiger partial charge in [-0.3, -0.25) is 20.0 Å². The van der Waals surface area contributed by atoms with E-state index in [-0.39, 0.29) is 0 Å². The van der Waals surface area contributed by atoms with Gasteiger partial charge in [-0.2, -0.15) is 0 Å². The molecular formula is C47H38N6. The van der Waals surface area contributed by atoms with Gasteiger partial charge in [0.25, 0.3) is 0 Å². The predicted octanol–water partition coefficient (Wildman–Crippen LogP) is 10.4. The SMILES string of the molecule is CC1CN=Cc2c3c(n(-c4ccc(-c5ccc(Cc6ccc(-c7ccc(-n8c9ccncc9c9cnccc98)cc7)cc6)cc5)cc4)c21)C(C)CN=C3. The molecule has 4 aromatic heterocycles. The van der Waals surface area contributed by atoms with Crippen LogP contribution in [0.3, 0.4) is 0 Å². The Balaban J connectivity index is 0.850. The summed E-state index contributed by atoms with van der Waals surface area (Å²) in [5.41, 5.74) is 17.3. The van der Waals surface area contributed by atoms with Crippen LogP contribution in [-0.2, 0) is 6.42 Å². The molecule has 6 heteroatoms. The van der Waals surface area contributed by atoms with E-state index in [4.69, 9.17) is 0 Å². The van der Waals surface area contributed by atoms with Gasteiger partial charge in [0, 0.05) is 107 Å². The highest BCUT2D eigenvalue weighted by atomic mass is 15.0. The van der Waals surface area contributed by atoms with Gasteiger partial charge in [0.05, 0.1) is 11.0 Å². The summed E-state index contributed by atoms with van der Waals surface area (Å²) in [6.45, 7) is 6.22. The zero-order chi connectivity index (χ0) is 35.5. The molecule has 0 aliphatic carbocycles. The van der Waals surface area contributed by atoms with Gasteiger partial charge in [0.2, 0.25) is 0 Å². The Labute approximate surface area is 308 Å². The van der Waals surface area contributed by atoms with Gasteiger partial charge in [-0.15, -0.1) is 0 Å². The minimum absolute atomic E-state index is 0.367. The fourth-order valence-electron chi connectivity index (χ4n) is 8.40. The monoisotopic (exact) mass is 686 g/mol. The standard InChI is InChI=1S/C47H38N6/c1-30-24-50-28-42-43-29-51-25-31(2)47(43)53(46(30)42)39-17-13-37(14-18-39)35-9-5-33(6-10-35)23-32-3-7-34(8-4-32)36-11-15-38(16-12-36)52-44-19-21-48-26-40(44)41-27-49-22-20-45(41)52/h3-22,26-31H,23-25H2,1-2H3. The summed E-state index contributed by atoms with van der Waals surface area (Å²) in [4.78, 5) is 18.0. The molecule has 0 N–H and O–H groups in total. The van der Waals surface area contributed by atoms with Crippen LogP contribution in [0.5, 0.6) is 0 Å². The topological polar surface area (TPSA) is 60.4 Å². The van der Waals surface area contributed by atoms with Gasteiger partial charge >= 0.3 is 0 Å². The van der Waals surface area contributed by atoms with Crippen LogP contribution in [0.15, 0.2) is 144 Å². The Hall–Kier alpha value is -6.40. The predicted molar refractivity (Wildman–Crippen MR) is 218 cm³/mol. The van der Waals surface area contributed by atoms with Crippen molar-refractivity contribution >= 4 is 34.2 Å². The van der Waals surface area contributed by atoms with E-state index in [0.29, 0.717) is 11.8 Å². The third-order valence-corrected chi connectivity index (χ3v) is 11.1. The van der Waals surface area contributed by atoms with Crippen molar-refractivity contribution in [3.63, 3.8) is 0 Å². The highest BCUT2D eigenvalue weighted by Gasteiger charge is 2.31. The Morgan fingerprint density at radius 2 is 0.887 bits per heavy atom. The number of aromatic nitrogens is 4. The van der Waals surface area contributed by atoms with Gasteiger partial charge < -0.3 is 9.13 Å². The Morgan fingerprint density at radius 3 is 1.32 bits per heavy atom. The highest BCUT2D eigenvalue weighted by molar-refractivity contribution is 6.08. The third-order valence-electron chi connectivity index (χ3n) is 11.1. The Kier molecular flexibility index (Phi) is 7.50. The summed E-state index contributed by atoms with van der Waals surface area (Å²) >= 11 is 0. The van der Waals surface area contributed by atoms with E-state index in [0.717, 1.165) is 47.0 Å². The molecular weight excluding hydrogens is 649 g/mol. The molecule has 0 fully saturated rings. The zero-order valence-corrected chi connectivity index (χ0v) is 29.8. The summed E-state index contributed by atoms with van der Waals surface area (Å²) in [5, 5.41) is 2.22. The maximum absolute atomic E-state index is 4.66. The molecule has 53 heavy (non-hydrogen) atoms. The molecule has 4 aromatic carbocycles. The number of rotatable bonds is 6. The van der Waals surface area contributed by atoms with Crippen molar-refractivity contribution < 1.29 is 0 Å². The average molecular weight is 687 g/mol. The largest absolute Gasteiger partial charge is 0.316 e. The van der Waals surface area contributed by atoms with E-state index in [1.54, 1.807) is 0 Å². The van der Waals surface area contributed by atoms with Crippen molar-refractivity contribution in [2.45, 2.75) is 32.1 Å². The Bertz CT molecular complexity index is 2600. The van der Waals surface area contributed by atoms with E-state index < -0.39 is 0 Å². The molecule has 0 bridgehead atoms. The second-order valence-electron chi connectivity index (χ2n) is 14.5. The molecule has 6 nitrogen and oxygen atoms in total. The minimum Gasteiger partial charge on any atom is -0.316 e. The molecule has 2 atom stereocenters. The van der Waals surface area contributed by atoms with Crippen LogP contribution in [0.2, 0.25) is 0 Å². The number of fused-ring (bicyclic) bond motifs is 6. The normalized spacial score (nSPS) is 16.3. The maximum Gasteiger partial charge on any atom is 0.0572 e. The second kappa shape index (κ2) is 12.7. The van der Waals surface area contributed by atoms with E-state index in [2.05, 4.69) is 165 Å². The fraction of sp³-hybridized carbons (Fsp3) is 0.149. The molecule has 8 aromatic rings.